The van der Waals surface area contributed by atoms with Gasteiger partial charge in [-0.15, -0.1) is 0 Å². The molecule has 1 aromatic rings. The number of urea groups is 1. The first-order chi connectivity index (χ1) is 9.69. The molecule has 1 aromatic carbocycles. The second kappa shape index (κ2) is 7.29. The SMILES string of the molecule is CCN(CC1CCCNC1)C(=O)Nc1ccc(C)cc1. The third-order valence-electron chi connectivity index (χ3n) is 3.85. The van der Waals surface area contributed by atoms with Gasteiger partial charge < -0.3 is 15.5 Å². The number of nitrogens with one attached hydrogen (secondary N) is 2. The van der Waals surface area contributed by atoms with E-state index in [1.807, 2.05) is 43.0 Å². The second-order valence-corrected chi connectivity index (χ2v) is 5.55. The molecule has 1 aliphatic rings. The van der Waals surface area contributed by atoms with Crippen molar-refractivity contribution < 1.29 is 4.79 Å². The molecule has 2 amide bonds. The zero-order chi connectivity index (χ0) is 14.4. The zero-order valence-electron chi connectivity index (χ0n) is 12.5. The highest BCUT2D eigenvalue weighted by Crippen LogP contribution is 2.14. The Morgan fingerprint density at radius 1 is 1.40 bits per heavy atom. The Bertz CT molecular complexity index is 424. The van der Waals surface area contributed by atoms with Crippen molar-refractivity contribution in [1.29, 1.82) is 0 Å². The molecule has 1 atom stereocenters. The van der Waals surface area contributed by atoms with Crippen molar-refractivity contribution in [3.8, 4) is 0 Å². The Balaban J connectivity index is 1.89. The maximum absolute atomic E-state index is 12.3. The second-order valence-electron chi connectivity index (χ2n) is 5.55. The van der Waals surface area contributed by atoms with E-state index in [1.165, 1.54) is 18.4 Å². The Hall–Kier alpha value is -1.55. The Labute approximate surface area is 121 Å². The maximum atomic E-state index is 12.3. The van der Waals surface area contributed by atoms with Gasteiger partial charge in [0, 0.05) is 18.8 Å². The molecule has 0 aromatic heterocycles. The van der Waals surface area contributed by atoms with Crippen LogP contribution in [0.4, 0.5) is 10.5 Å². The van der Waals surface area contributed by atoms with Gasteiger partial charge >= 0.3 is 6.03 Å². The van der Waals surface area contributed by atoms with Crippen molar-refractivity contribution in [2.45, 2.75) is 26.7 Å². The van der Waals surface area contributed by atoms with E-state index in [0.717, 1.165) is 31.9 Å². The molecule has 4 nitrogen and oxygen atoms in total. The van der Waals surface area contributed by atoms with Gasteiger partial charge in [-0.2, -0.15) is 0 Å². The van der Waals surface area contributed by atoms with Gasteiger partial charge in [0.25, 0.3) is 0 Å². The molecule has 2 rings (SSSR count). The van der Waals surface area contributed by atoms with E-state index < -0.39 is 0 Å². The predicted molar refractivity (Wildman–Crippen MR) is 83.0 cm³/mol. The summed E-state index contributed by atoms with van der Waals surface area (Å²) in [6.07, 6.45) is 2.42. The van der Waals surface area contributed by atoms with Crippen molar-refractivity contribution in [3.63, 3.8) is 0 Å². The molecule has 110 valence electrons. The number of aryl methyl sites for hydroxylation is 1. The van der Waals surface area contributed by atoms with Crippen LogP contribution in [-0.4, -0.2) is 37.1 Å². The molecule has 2 N–H and O–H groups in total. The van der Waals surface area contributed by atoms with E-state index >= 15 is 0 Å². The lowest BCUT2D eigenvalue weighted by Gasteiger charge is -2.29. The monoisotopic (exact) mass is 275 g/mol. The van der Waals surface area contributed by atoms with Gasteiger partial charge in [-0.1, -0.05) is 17.7 Å². The molecule has 0 spiro atoms. The first-order valence-corrected chi connectivity index (χ1v) is 7.52. The van der Waals surface area contributed by atoms with Crippen LogP contribution >= 0.6 is 0 Å². The quantitative estimate of drug-likeness (QED) is 0.887. The number of carbonyl (C=O) groups is 1. The van der Waals surface area contributed by atoms with Gasteiger partial charge in [-0.05, 0) is 57.8 Å². The van der Waals surface area contributed by atoms with Crippen LogP contribution in [0.1, 0.15) is 25.3 Å². The van der Waals surface area contributed by atoms with Gasteiger partial charge in [0.2, 0.25) is 0 Å². The molecule has 1 heterocycles. The standard InChI is InChI=1S/C16H25N3O/c1-3-19(12-14-5-4-10-17-11-14)16(20)18-15-8-6-13(2)7-9-15/h6-9,14,17H,3-5,10-12H2,1-2H3,(H,18,20). The minimum absolute atomic E-state index is 0.00178. The summed E-state index contributed by atoms with van der Waals surface area (Å²) in [5, 5.41) is 6.38. The largest absolute Gasteiger partial charge is 0.324 e. The lowest BCUT2D eigenvalue weighted by molar-refractivity contribution is 0.197. The molecular weight excluding hydrogens is 250 g/mol. The molecule has 1 saturated heterocycles. The van der Waals surface area contributed by atoms with Gasteiger partial charge in [-0.25, -0.2) is 4.79 Å². The summed E-state index contributed by atoms with van der Waals surface area (Å²) in [5.74, 6) is 0.576. The highest BCUT2D eigenvalue weighted by atomic mass is 16.2. The Morgan fingerprint density at radius 2 is 2.15 bits per heavy atom. The van der Waals surface area contributed by atoms with Gasteiger partial charge in [-0.3, -0.25) is 0 Å². The summed E-state index contributed by atoms with van der Waals surface area (Å²) in [6.45, 7) is 7.78. The van der Waals surface area contributed by atoms with E-state index in [-0.39, 0.29) is 6.03 Å². The number of rotatable bonds is 4. The predicted octanol–water partition coefficient (Wildman–Crippen LogP) is 2.85. The van der Waals surface area contributed by atoms with Crippen molar-refractivity contribution >= 4 is 11.7 Å². The average molecular weight is 275 g/mol. The van der Waals surface area contributed by atoms with Crippen LogP contribution in [0, 0.1) is 12.8 Å². The first-order valence-electron chi connectivity index (χ1n) is 7.52. The molecule has 1 fully saturated rings. The fraction of sp³-hybridized carbons (Fsp3) is 0.562. The average Bonchev–Trinajstić information content (AvgIpc) is 2.48. The summed E-state index contributed by atoms with van der Waals surface area (Å²) in [4.78, 5) is 14.2. The van der Waals surface area contributed by atoms with Crippen LogP contribution in [0.3, 0.4) is 0 Å². The van der Waals surface area contributed by atoms with Crippen LogP contribution in [-0.2, 0) is 0 Å². The molecule has 20 heavy (non-hydrogen) atoms. The van der Waals surface area contributed by atoms with Crippen LogP contribution in [0.25, 0.3) is 0 Å². The van der Waals surface area contributed by atoms with E-state index in [0.29, 0.717) is 5.92 Å². The summed E-state index contributed by atoms with van der Waals surface area (Å²) in [7, 11) is 0. The first kappa shape index (κ1) is 14.9. The molecule has 1 aliphatic heterocycles. The third-order valence-corrected chi connectivity index (χ3v) is 3.85. The summed E-state index contributed by atoms with van der Waals surface area (Å²) < 4.78 is 0. The number of amides is 2. The lowest BCUT2D eigenvalue weighted by Crippen LogP contribution is -2.42. The number of piperidine rings is 1. The normalized spacial score (nSPS) is 18.6. The number of benzene rings is 1. The maximum Gasteiger partial charge on any atom is 0.321 e. The number of hydrogen-bond donors (Lipinski definition) is 2. The molecule has 0 saturated carbocycles. The van der Waals surface area contributed by atoms with Crippen LogP contribution in [0.2, 0.25) is 0 Å². The fourth-order valence-corrected chi connectivity index (χ4v) is 2.59. The Morgan fingerprint density at radius 3 is 2.75 bits per heavy atom. The molecule has 0 radical (unpaired) electrons. The number of anilines is 1. The summed E-state index contributed by atoms with van der Waals surface area (Å²) in [5.41, 5.74) is 2.06. The molecule has 0 aliphatic carbocycles. The molecule has 0 bridgehead atoms. The van der Waals surface area contributed by atoms with Crippen molar-refractivity contribution in [2.75, 3.05) is 31.5 Å². The lowest BCUT2D eigenvalue weighted by atomic mass is 9.99. The van der Waals surface area contributed by atoms with Gasteiger partial charge in [0.15, 0.2) is 0 Å². The van der Waals surface area contributed by atoms with Crippen molar-refractivity contribution in [3.05, 3.63) is 29.8 Å². The highest BCUT2D eigenvalue weighted by molar-refractivity contribution is 5.89. The third kappa shape index (κ3) is 4.23. The number of nitrogens with zero attached hydrogens (tertiary/aromatic N) is 1. The van der Waals surface area contributed by atoms with Gasteiger partial charge in [0.1, 0.15) is 0 Å². The molecular formula is C16H25N3O. The summed E-state index contributed by atoms with van der Waals surface area (Å²) in [6, 6.07) is 7.92. The van der Waals surface area contributed by atoms with Crippen molar-refractivity contribution in [2.24, 2.45) is 5.92 Å². The molecule has 1 unspecified atom stereocenters. The minimum Gasteiger partial charge on any atom is -0.324 e. The fourth-order valence-electron chi connectivity index (χ4n) is 2.59. The Kier molecular flexibility index (Phi) is 5.41. The van der Waals surface area contributed by atoms with Crippen molar-refractivity contribution in [1.82, 2.24) is 10.2 Å². The molecule has 4 heteroatoms. The number of hydrogen-bond acceptors (Lipinski definition) is 2. The topological polar surface area (TPSA) is 44.4 Å². The highest BCUT2D eigenvalue weighted by Gasteiger charge is 2.19. The van der Waals surface area contributed by atoms with Crippen LogP contribution in [0.5, 0.6) is 0 Å². The van der Waals surface area contributed by atoms with Crippen LogP contribution < -0.4 is 10.6 Å². The van der Waals surface area contributed by atoms with E-state index in [2.05, 4.69) is 10.6 Å². The number of carbonyl (C=O) groups excluding carboxylic acids is 1. The minimum atomic E-state index is 0.00178. The zero-order valence-corrected chi connectivity index (χ0v) is 12.5. The van der Waals surface area contributed by atoms with Crippen LogP contribution in [0.15, 0.2) is 24.3 Å². The van der Waals surface area contributed by atoms with E-state index in [4.69, 9.17) is 0 Å². The van der Waals surface area contributed by atoms with Gasteiger partial charge in [0.05, 0.1) is 0 Å². The summed E-state index contributed by atoms with van der Waals surface area (Å²) >= 11 is 0. The van der Waals surface area contributed by atoms with E-state index in [9.17, 15) is 4.79 Å². The smallest absolute Gasteiger partial charge is 0.321 e. The van der Waals surface area contributed by atoms with E-state index in [1.54, 1.807) is 0 Å².